The van der Waals surface area contributed by atoms with Gasteiger partial charge in [-0.3, -0.25) is 4.79 Å². The number of carbonyl (C=O) groups excluding carboxylic acids is 1. The molecule has 1 amide bonds. The van der Waals surface area contributed by atoms with E-state index < -0.39 is 17.9 Å². The molecule has 0 aliphatic heterocycles. The maximum Gasteiger partial charge on any atom is 0.326 e. The van der Waals surface area contributed by atoms with Crippen LogP contribution in [0.3, 0.4) is 0 Å². The summed E-state index contributed by atoms with van der Waals surface area (Å²) in [5.74, 6) is -1.44. The van der Waals surface area contributed by atoms with Crippen molar-refractivity contribution in [1.82, 2.24) is 10.3 Å². The standard InChI is InChI=1S/C13H12Br2N2O3/c1-2-10(13(19)20)17-12(18)7-5-16-11-4-9(15)8(14)3-6(7)11/h3-5,10,16H,2H2,1H3,(H,17,18)(H,19,20). The molecule has 0 saturated heterocycles. The predicted molar refractivity (Wildman–Crippen MR) is 82.9 cm³/mol. The Bertz CT molecular complexity index is 682. The fourth-order valence-corrected chi connectivity index (χ4v) is 2.57. The van der Waals surface area contributed by atoms with Gasteiger partial charge < -0.3 is 15.4 Å². The molecule has 0 radical (unpaired) electrons. The average Bonchev–Trinajstić information content (AvgIpc) is 2.78. The lowest BCUT2D eigenvalue weighted by Crippen LogP contribution is -2.40. The Hall–Kier alpha value is -1.34. The van der Waals surface area contributed by atoms with Gasteiger partial charge in [0.05, 0.1) is 5.56 Å². The lowest BCUT2D eigenvalue weighted by atomic mass is 10.1. The molecule has 3 N–H and O–H groups in total. The van der Waals surface area contributed by atoms with Crippen LogP contribution in [0.2, 0.25) is 0 Å². The molecular weight excluding hydrogens is 392 g/mol. The molecule has 1 heterocycles. The van der Waals surface area contributed by atoms with Crippen LogP contribution in [0.5, 0.6) is 0 Å². The molecule has 2 aromatic rings. The molecule has 106 valence electrons. The van der Waals surface area contributed by atoms with Crippen LogP contribution in [-0.4, -0.2) is 28.0 Å². The van der Waals surface area contributed by atoms with Crippen LogP contribution < -0.4 is 5.32 Å². The van der Waals surface area contributed by atoms with E-state index in [1.54, 1.807) is 13.1 Å². The molecule has 1 aromatic carbocycles. The summed E-state index contributed by atoms with van der Waals surface area (Å²) >= 11 is 6.77. The number of amides is 1. The van der Waals surface area contributed by atoms with Gasteiger partial charge in [0.1, 0.15) is 6.04 Å². The number of carbonyl (C=O) groups is 2. The summed E-state index contributed by atoms with van der Waals surface area (Å²) in [6.45, 7) is 1.71. The second-order valence-corrected chi connectivity index (χ2v) is 6.00. The second-order valence-electron chi connectivity index (χ2n) is 4.29. The zero-order valence-electron chi connectivity index (χ0n) is 10.5. The third-order valence-electron chi connectivity index (χ3n) is 2.98. The van der Waals surface area contributed by atoms with Gasteiger partial charge in [0.15, 0.2) is 0 Å². The molecule has 20 heavy (non-hydrogen) atoms. The van der Waals surface area contributed by atoms with Gasteiger partial charge in [-0.25, -0.2) is 4.79 Å². The monoisotopic (exact) mass is 402 g/mol. The van der Waals surface area contributed by atoms with Crippen molar-refractivity contribution >= 4 is 54.6 Å². The van der Waals surface area contributed by atoms with Gasteiger partial charge in [0.2, 0.25) is 0 Å². The van der Waals surface area contributed by atoms with Gasteiger partial charge in [-0.15, -0.1) is 0 Å². The number of fused-ring (bicyclic) bond motifs is 1. The summed E-state index contributed by atoms with van der Waals surface area (Å²) in [7, 11) is 0. The number of nitrogens with one attached hydrogen (secondary N) is 2. The number of aliphatic carboxylic acids is 1. The number of carboxylic acids is 1. The number of aromatic nitrogens is 1. The fourth-order valence-electron chi connectivity index (χ4n) is 1.88. The first-order valence-corrected chi connectivity index (χ1v) is 7.52. The minimum Gasteiger partial charge on any atom is -0.480 e. The molecular formula is C13H12Br2N2O3. The molecule has 2 rings (SSSR count). The Morgan fingerprint density at radius 2 is 2.00 bits per heavy atom. The molecule has 0 saturated carbocycles. The first-order valence-electron chi connectivity index (χ1n) is 5.93. The molecule has 0 bridgehead atoms. The molecule has 1 unspecified atom stereocenters. The van der Waals surface area contributed by atoms with Crippen LogP contribution in [-0.2, 0) is 4.79 Å². The number of aromatic amines is 1. The highest BCUT2D eigenvalue weighted by atomic mass is 79.9. The minimum atomic E-state index is -1.04. The number of hydrogen-bond donors (Lipinski definition) is 3. The van der Waals surface area contributed by atoms with Crippen molar-refractivity contribution in [3.05, 3.63) is 32.8 Å². The van der Waals surface area contributed by atoms with E-state index in [1.165, 1.54) is 0 Å². The van der Waals surface area contributed by atoms with Crippen molar-refractivity contribution in [2.45, 2.75) is 19.4 Å². The SMILES string of the molecule is CCC(NC(=O)c1c[nH]c2cc(Br)c(Br)cc12)C(=O)O. The zero-order valence-corrected chi connectivity index (χ0v) is 13.7. The Morgan fingerprint density at radius 3 is 2.60 bits per heavy atom. The van der Waals surface area contributed by atoms with Gasteiger partial charge in [-0.05, 0) is 50.4 Å². The highest BCUT2D eigenvalue weighted by Crippen LogP contribution is 2.30. The molecule has 1 aromatic heterocycles. The number of benzene rings is 1. The number of rotatable bonds is 4. The highest BCUT2D eigenvalue weighted by molar-refractivity contribution is 9.13. The lowest BCUT2D eigenvalue weighted by Gasteiger charge is -2.11. The van der Waals surface area contributed by atoms with Crippen molar-refractivity contribution in [2.24, 2.45) is 0 Å². The summed E-state index contributed by atoms with van der Waals surface area (Å²) in [4.78, 5) is 26.1. The molecule has 7 heteroatoms. The topological polar surface area (TPSA) is 82.2 Å². The maximum atomic E-state index is 12.2. The van der Waals surface area contributed by atoms with Crippen LogP contribution in [0.4, 0.5) is 0 Å². The zero-order chi connectivity index (χ0) is 14.9. The van der Waals surface area contributed by atoms with Gasteiger partial charge in [0.25, 0.3) is 5.91 Å². The van der Waals surface area contributed by atoms with E-state index >= 15 is 0 Å². The van der Waals surface area contributed by atoms with Crippen molar-refractivity contribution in [2.75, 3.05) is 0 Å². The number of carboxylic acid groups (broad SMARTS) is 1. The highest BCUT2D eigenvalue weighted by Gasteiger charge is 2.20. The molecule has 0 aliphatic rings. The molecule has 1 atom stereocenters. The maximum absolute atomic E-state index is 12.2. The van der Waals surface area contributed by atoms with E-state index in [0.29, 0.717) is 12.0 Å². The normalized spacial score (nSPS) is 12.3. The van der Waals surface area contributed by atoms with Crippen LogP contribution >= 0.6 is 31.9 Å². The van der Waals surface area contributed by atoms with Crippen molar-refractivity contribution in [1.29, 1.82) is 0 Å². The van der Waals surface area contributed by atoms with Gasteiger partial charge in [-0.1, -0.05) is 6.92 Å². The first-order chi connectivity index (χ1) is 9.43. The number of hydrogen-bond acceptors (Lipinski definition) is 2. The predicted octanol–water partition coefficient (Wildman–Crippen LogP) is 3.29. The summed E-state index contributed by atoms with van der Waals surface area (Å²) in [5, 5.41) is 12.2. The minimum absolute atomic E-state index is 0.332. The van der Waals surface area contributed by atoms with Crippen LogP contribution in [0.1, 0.15) is 23.7 Å². The average molecular weight is 404 g/mol. The van der Waals surface area contributed by atoms with Crippen LogP contribution in [0, 0.1) is 0 Å². The van der Waals surface area contributed by atoms with Gasteiger partial charge in [0, 0.05) is 26.0 Å². The lowest BCUT2D eigenvalue weighted by molar-refractivity contribution is -0.139. The number of H-pyrrole nitrogens is 1. The van der Waals surface area contributed by atoms with Crippen molar-refractivity contribution in [3.8, 4) is 0 Å². The molecule has 0 aliphatic carbocycles. The van der Waals surface area contributed by atoms with E-state index in [1.807, 2.05) is 12.1 Å². The summed E-state index contributed by atoms with van der Waals surface area (Å²) in [5.41, 5.74) is 1.22. The van der Waals surface area contributed by atoms with E-state index in [-0.39, 0.29) is 0 Å². The quantitative estimate of drug-likeness (QED) is 0.732. The van der Waals surface area contributed by atoms with Gasteiger partial charge >= 0.3 is 5.97 Å². The Morgan fingerprint density at radius 1 is 1.35 bits per heavy atom. The summed E-state index contributed by atoms with van der Waals surface area (Å²) in [6.07, 6.45) is 1.91. The van der Waals surface area contributed by atoms with E-state index in [4.69, 9.17) is 5.11 Å². The van der Waals surface area contributed by atoms with Crippen LogP contribution in [0.25, 0.3) is 10.9 Å². The van der Waals surface area contributed by atoms with E-state index in [9.17, 15) is 9.59 Å². The van der Waals surface area contributed by atoms with Gasteiger partial charge in [-0.2, -0.15) is 0 Å². The van der Waals surface area contributed by atoms with Crippen molar-refractivity contribution < 1.29 is 14.7 Å². The third kappa shape index (κ3) is 2.88. The largest absolute Gasteiger partial charge is 0.480 e. The van der Waals surface area contributed by atoms with Crippen molar-refractivity contribution in [3.63, 3.8) is 0 Å². The third-order valence-corrected chi connectivity index (χ3v) is 4.82. The van der Waals surface area contributed by atoms with E-state index in [0.717, 1.165) is 19.8 Å². The number of halogens is 2. The summed E-state index contributed by atoms with van der Waals surface area (Å²) < 4.78 is 1.69. The Labute approximate surface area is 132 Å². The summed E-state index contributed by atoms with van der Waals surface area (Å²) in [6, 6.07) is 2.78. The van der Waals surface area contributed by atoms with Crippen LogP contribution in [0.15, 0.2) is 27.3 Å². The van der Waals surface area contributed by atoms with E-state index in [2.05, 4.69) is 42.2 Å². The Balaban J connectivity index is 2.35. The molecule has 0 fully saturated rings. The fraction of sp³-hybridized carbons (Fsp3) is 0.231. The second kappa shape index (κ2) is 5.97. The Kier molecular flexibility index (Phi) is 4.49. The first kappa shape index (κ1) is 15.1. The molecule has 0 spiro atoms. The smallest absolute Gasteiger partial charge is 0.326 e. The molecule has 5 nitrogen and oxygen atoms in total.